The molecule has 1 aliphatic carbocycles. The summed E-state index contributed by atoms with van der Waals surface area (Å²) in [6, 6.07) is 8.34. The maximum Gasteiger partial charge on any atom is 0.272 e. The maximum absolute atomic E-state index is 12.0. The topological polar surface area (TPSA) is 53.4 Å². The predicted molar refractivity (Wildman–Crippen MR) is 82.4 cm³/mol. The van der Waals surface area contributed by atoms with Crippen LogP contribution in [-0.4, -0.2) is 25.5 Å². The van der Waals surface area contributed by atoms with E-state index in [4.69, 9.17) is 0 Å². The van der Waals surface area contributed by atoms with E-state index in [1.807, 2.05) is 6.07 Å². The van der Waals surface area contributed by atoms with Gasteiger partial charge in [0.1, 0.15) is 0 Å². The van der Waals surface area contributed by atoms with Crippen molar-refractivity contribution in [3.05, 3.63) is 56.8 Å². The van der Waals surface area contributed by atoms with Crippen molar-refractivity contribution >= 4 is 17.0 Å². The second kappa shape index (κ2) is 5.13. The normalized spacial score (nSPS) is 15.1. The summed E-state index contributed by atoms with van der Waals surface area (Å²) in [6.07, 6.45) is 4.23. The Balaban J connectivity index is 1.60. The van der Waals surface area contributed by atoms with Gasteiger partial charge in [0.2, 0.25) is 0 Å². The number of H-pyrrole nitrogens is 1. The molecule has 0 aliphatic heterocycles. The van der Waals surface area contributed by atoms with Gasteiger partial charge in [-0.2, -0.15) is 0 Å². The van der Waals surface area contributed by atoms with E-state index in [-0.39, 0.29) is 5.56 Å². The third kappa shape index (κ3) is 2.64. The highest BCUT2D eigenvalue weighted by molar-refractivity contribution is 7.09. The standard InChI is InChI=1S/C15H16N4OS/c20-15-8-11(17-14-5-6-16-19(14)15)9-18(12-3-4-12)10-13-2-1-7-21-13/h1-2,5-8,12,16H,3-4,9-10H2. The summed E-state index contributed by atoms with van der Waals surface area (Å²) in [5, 5.41) is 4.98. The molecule has 3 heterocycles. The Kier molecular flexibility index (Phi) is 3.12. The van der Waals surface area contributed by atoms with E-state index < -0.39 is 0 Å². The molecule has 1 saturated carbocycles. The molecule has 1 aliphatic rings. The molecule has 3 aromatic heterocycles. The van der Waals surface area contributed by atoms with Crippen LogP contribution in [0.4, 0.5) is 0 Å². The molecule has 0 saturated heterocycles. The zero-order chi connectivity index (χ0) is 14.2. The first-order valence-corrected chi connectivity index (χ1v) is 8.00. The first-order chi connectivity index (χ1) is 10.3. The highest BCUT2D eigenvalue weighted by Crippen LogP contribution is 2.30. The minimum Gasteiger partial charge on any atom is -0.297 e. The summed E-state index contributed by atoms with van der Waals surface area (Å²) in [6.45, 7) is 1.68. The Morgan fingerprint density at radius 3 is 3.05 bits per heavy atom. The molecule has 4 rings (SSSR count). The van der Waals surface area contributed by atoms with Crippen molar-refractivity contribution in [3.8, 4) is 0 Å². The van der Waals surface area contributed by atoms with E-state index in [2.05, 4.69) is 32.5 Å². The molecule has 6 heteroatoms. The fraction of sp³-hybridized carbons (Fsp3) is 0.333. The summed E-state index contributed by atoms with van der Waals surface area (Å²) in [5.41, 5.74) is 1.49. The lowest BCUT2D eigenvalue weighted by Crippen LogP contribution is -2.26. The second-order valence-corrected chi connectivity index (χ2v) is 6.49. The van der Waals surface area contributed by atoms with E-state index in [9.17, 15) is 4.79 Å². The van der Waals surface area contributed by atoms with Gasteiger partial charge in [0.15, 0.2) is 5.65 Å². The minimum absolute atomic E-state index is 0.0492. The zero-order valence-electron chi connectivity index (χ0n) is 11.5. The van der Waals surface area contributed by atoms with Crippen LogP contribution in [0.25, 0.3) is 5.65 Å². The highest BCUT2D eigenvalue weighted by atomic mass is 32.1. The Hall–Kier alpha value is -1.92. The van der Waals surface area contributed by atoms with Gasteiger partial charge in [-0.1, -0.05) is 6.07 Å². The second-order valence-electron chi connectivity index (χ2n) is 5.46. The number of hydrogen-bond acceptors (Lipinski definition) is 4. The van der Waals surface area contributed by atoms with Crippen LogP contribution in [0.15, 0.2) is 40.6 Å². The zero-order valence-corrected chi connectivity index (χ0v) is 12.3. The lowest BCUT2D eigenvalue weighted by molar-refractivity contribution is 0.245. The van der Waals surface area contributed by atoms with Crippen LogP contribution in [0.3, 0.4) is 0 Å². The number of aromatic amines is 1. The number of aromatic nitrogens is 3. The molecule has 0 unspecified atom stereocenters. The van der Waals surface area contributed by atoms with Crippen molar-refractivity contribution in [2.45, 2.75) is 32.0 Å². The molecule has 0 radical (unpaired) electrons. The molecule has 1 N–H and O–H groups in total. The summed E-state index contributed by atoms with van der Waals surface area (Å²) in [5.74, 6) is 0. The largest absolute Gasteiger partial charge is 0.297 e. The van der Waals surface area contributed by atoms with Crippen molar-refractivity contribution in [2.24, 2.45) is 0 Å². The lowest BCUT2D eigenvalue weighted by Gasteiger charge is -2.20. The van der Waals surface area contributed by atoms with Gasteiger partial charge in [0, 0.05) is 42.3 Å². The van der Waals surface area contributed by atoms with Crippen molar-refractivity contribution in [3.63, 3.8) is 0 Å². The van der Waals surface area contributed by atoms with Crippen molar-refractivity contribution in [1.29, 1.82) is 0 Å². The van der Waals surface area contributed by atoms with Gasteiger partial charge in [0.25, 0.3) is 5.56 Å². The van der Waals surface area contributed by atoms with Crippen LogP contribution in [-0.2, 0) is 13.1 Å². The van der Waals surface area contributed by atoms with Crippen molar-refractivity contribution in [1.82, 2.24) is 19.5 Å². The fourth-order valence-corrected chi connectivity index (χ4v) is 3.35. The van der Waals surface area contributed by atoms with Gasteiger partial charge in [-0.05, 0) is 24.3 Å². The molecule has 3 aromatic rings. The SMILES string of the molecule is O=c1cc(CN(Cc2cccs2)C2CC2)nc2cc[nH]n12. The third-order valence-electron chi connectivity index (χ3n) is 3.80. The summed E-state index contributed by atoms with van der Waals surface area (Å²) < 4.78 is 1.46. The Morgan fingerprint density at radius 2 is 2.29 bits per heavy atom. The molecule has 0 amide bonds. The van der Waals surface area contributed by atoms with Crippen LogP contribution >= 0.6 is 11.3 Å². The highest BCUT2D eigenvalue weighted by Gasteiger charge is 2.29. The average Bonchev–Trinajstić information content (AvgIpc) is 2.98. The van der Waals surface area contributed by atoms with E-state index >= 15 is 0 Å². The Morgan fingerprint density at radius 1 is 1.38 bits per heavy atom. The predicted octanol–water partition coefficient (Wildman–Crippen LogP) is 2.25. The molecule has 21 heavy (non-hydrogen) atoms. The van der Waals surface area contributed by atoms with Crippen LogP contribution in [0.1, 0.15) is 23.4 Å². The molecule has 0 atom stereocenters. The quantitative estimate of drug-likeness (QED) is 0.786. The van der Waals surface area contributed by atoms with E-state index in [1.54, 1.807) is 23.6 Å². The maximum atomic E-state index is 12.0. The molecule has 0 spiro atoms. The molecule has 0 aromatic carbocycles. The van der Waals surface area contributed by atoms with Crippen molar-refractivity contribution < 1.29 is 0 Å². The van der Waals surface area contributed by atoms with Crippen LogP contribution < -0.4 is 5.56 Å². The van der Waals surface area contributed by atoms with Crippen LogP contribution in [0, 0.1) is 0 Å². The van der Waals surface area contributed by atoms with E-state index in [0.29, 0.717) is 11.7 Å². The Labute approximate surface area is 125 Å². The smallest absolute Gasteiger partial charge is 0.272 e. The fourth-order valence-electron chi connectivity index (χ4n) is 2.62. The first-order valence-electron chi connectivity index (χ1n) is 7.12. The summed E-state index contributed by atoms with van der Waals surface area (Å²) in [4.78, 5) is 20.4. The molecular weight excluding hydrogens is 284 g/mol. The summed E-state index contributed by atoms with van der Waals surface area (Å²) in [7, 11) is 0. The molecule has 108 valence electrons. The van der Waals surface area contributed by atoms with Gasteiger partial charge < -0.3 is 0 Å². The first kappa shape index (κ1) is 12.8. The van der Waals surface area contributed by atoms with Gasteiger partial charge >= 0.3 is 0 Å². The van der Waals surface area contributed by atoms with E-state index in [1.165, 1.54) is 22.2 Å². The molecular formula is C15H16N4OS. The number of thiophene rings is 1. The number of hydrogen-bond donors (Lipinski definition) is 1. The monoisotopic (exact) mass is 300 g/mol. The van der Waals surface area contributed by atoms with Gasteiger partial charge in [-0.3, -0.25) is 14.8 Å². The average molecular weight is 300 g/mol. The molecule has 5 nitrogen and oxygen atoms in total. The van der Waals surface area contributed by atoms with E-state index in [0.717, 1.165) is 18.8 Å². The number of nitrogens with zero attached hydrogens (tertiary/aromatic N) is 3. The number of fused-ring (bicyclic) bond motifs is 1. The van der Waals surface area contributed by atoms with Crippen molar-refractivity contribution in [2.75, 3.05) is 0 Å². The number of nitrogens with one attached hydrogen (secondary N) is 1. The minimum atomic E-state index is -0.0492. The van der Waals surface area contributed by atoms with Gasteiger partial charge in [0.05, 0.1) is 5.69 Å². The molecule has 1 fully saturated rings. The Bertz CT molecular complexity index is 801. The van der Waals surface area contributed by atoms with Crippen LogP contribution in [0.2, 0.25) is 0 Å². The van der Waals surface area contributed by atoms with Gasteiger partial charge in [-0.25, -0.2) is 9.50 Å². The summed E-state index contributed by atoms with van der Waals surface area (Å²) >= 11 is 1.78. The van der Waals surface area contributed by atoms with Gasteiger partial charge in [-0.15, -0.1) is 11.3 Å². The van der Waals surface area contributed by atoms with Crippen LogP contribution in [0.5, 0.6) is 0 Å². The lowest BCUT2D eigenvalue weighted by atomic mass is 10.3. The third-order valence-corrected chi connectivity index (χ3v) is 4.66. The number of rotatable bonds is 5. The molecule has 0 bridgehead atoms.